The standard InChI is InChI=1S/C11H11ClFNO3/c1-6(11(16)17-2)14-10(15)8-5-7(12)3-4-9(8)13/h3-6H,1-2H3,(H,14,15). The zero-order valence-electron chi connectivity index (χ0n) is 9.29. The maximum Gasteiger partial charge on any atom is 0.328 e. The van der Waals surface area contributed by atoms with Crippen molar-refractivity contribution >= 4 is 23.5 Å². The molecule has 92 valence electrons. The second kappa shape index (κ2) is 5.63. The lowest BCUT2D eigenvalue weighted by Gasteiger charge is -2.11. The Bertz CT molecular complexity index is 450. The van der Waals surface area contributed by atoms with Gasteiger partial charge in [-0.25, -0.2) is 9.18 Å². The van der Waals surface area contributed by atoms with E-state index in [9.17, 15) is 14.0 Å². The fourth-order valence-corrected chi connectivity index (χ4v) is 1.35. The van der Waals surface area contributed by atoms with E-state index in [2.05, 4.69) is 10.1 Å². The highest BCUT2D eigenvalue weighted by atomic mass is 35.5. The highest BCUT2D eigenvalue weighted by molar-refractivity contribution is 6.31. The summed E-state index contributed by atoms with van der Waals surface area (Å²) in [6, 6.07) is 2.75. The van der Waals surface area contributed by atoms with E-state index in [0.717, 1.165) is 6.07 Å². The summed E-state index contributed by atoms with van der Waals surface area (Å²) in [6.45, 7) is 1.44. The Morgan fingerprint density at radius 1 is 1.47 bits per heavy atom. The third kappa shape index (κ3) is 3.42. The van der Waals surface area contributed by atoms with Crippen molar-refractivity contribution in [3.05, 3.63) is 34.6 Å². The Hall–Kier alpha value is -1.62. The Morgan fingerprint density at radius 2 is 2.12 bits per heavy atom. The molecule has 0 radical (unpaired) electrons. The second-order valence-electron chi connectivity index (χ2n) is 3.34. The van der Waals surface area contributed by atoms with Gasteiger partial charge in [0.1, 0.15) is 11.9 Å². The van der Waals surface area contributed by atoms with Crippen molar-refractivity contribution in [1.82, 2.24) is 5.32 Å². The molecule has 1 aromatic carbocycles. The number of nitrogens with one attached hydrogen (secondary N) is 1. The molecule has 0 saturated heterocycles. The quantitative estimate of drug-likeness (QED) is 0.842. The maximum atomic E-state index is 13.3. The summed E-state index contributed by atoms with van der Waals surface area (Å²) in [7, 11) is 1.20. The van der Waals surface area contributed by atoms with Gasteiger partial charge in [-0.05, 0) is 25.1 Å². The van der Waals surface area contributed by atoms with Gasteiger partial charge in [0.25, 0.3) is 5.91 Å². The monoisotopic (exact) mass is 259 g/mol. The van der Waals surface area contributed by atoms with Crippen molar-refractivity contribution in [3.8, 4) is 0 Å². The van der Waals surface area contributed by atoms with Gasteiger partial charge < -0.3 is 10.1 Å². The molecular formula is C11H11ClFNO3. The first-order valence-corrected chi connectivity index (χ1v) is 5.17. The topological polar surface area (TPSA) is 55.4 Å². The van der Waals surface area contributed by atoms with Crippen LogP contribution in [0.4, 0.5) is 4.39 Å². The second-order valence-corrected chi connectivity index (χ2v) is 3.78. The molecule has 0 aliphatic heterocycles. The first kappa shape index (κ1) is 13.4. The van der Waals surface area contributed by atoms with Crippen LogP contribution in [0.5, 0.6) is 0 Å². The van der Waals surface area contributed by atoms with Gasteiger partial charge in [-0.2, -0.15) is 0 Å². The molecule has 0 aliphatic rings. The average Bonchev–Trinajstić information content (AvgIpc) is 2.30. The number of hydrogen-bond acceptors (Lipinski definition) is 3. The Kier molecular flexibility index (Phi) is 4.45. The van der Waals surface area contributed by atoms with E-state index in [1.165, 1.54) is 26.2 Å². The molecule has 0 aliphatic carbocycles. The number of rotatable bonds is 3. The van der Waals surface area contributed by atoms with Crippen molar-refractivity contribution in [2.24, 2.45) is 0 Å². The smallest absolute Gasteiger partial charge is 0.328 e. The molecule has 0 aromatic heterocycles. The lowest BCUT2D eigenvalue weighted by Crippen LogP contribution is -2.39. The van der Waals surface area contributed by atoms with Crippen molar-refractivity contribution in [3.63, 3.8) is 0 Å². The predicted molar refractivity (Wildman–Crippen MR) is 60.4 cm³/mol. The van der Waals surface area contributed by atoms with Gasteiger partial charge in [-0.3, -0.25) is 4.79 Å². The van der Waals surface area contributed by atoms with Gasteiger partial charge in [0.15, 0.2) is 0 Å². The normalized spacial score (nSPS) is 11.8. The average molecular weight is 260 g/mol. The Balaban J connectivity index is 2.83. The molecule has 1 amide bonds. The number of halogens is 2. The number of esters is 1. The van der Waals surface area contributed by atoms with E-state index in [0.29, 0.717) is 0 Å². The number of carbonyl (C=O) groups is 2. The first-order chi connectivity index (χ1) is 7.95. The highest BCUT2D eigenvalue weighted by Gasteiger charge is 2.19. The molecule has 4 nitrogen and oxygen atoms in total. The number of carbonyl (C=O) groups excluding carboxylic acids is 2. The molecular weight excluding hydrogens is 249 g/mol. The van der Waals surface area contributed by atoms with Crippen LogP contribution in [0, 0.1) is 5.82 Å². The molecule has 1 atom stereocenters. The van der Waals surface area contributed by atoms with Crippen LogP contribution in [0.3, 0.4) is 0 Å². The molecule has 1 unspecified atom stereocenters. The van der Waals surface area contributed by atoms with Crippen molar-refractivity contribution < 1.29 is 18.7 Å². The lowest BCUT2D eigenvalue weighted by molar-refractivity contribution is -0.142. The Labute approximate surface area is 103 Å². The third-order valence-electron chi connectivity index (χ3n) is 2.08. The molecule has 1 rings (SSSR count). The number of methoxy groups -OCH3 is 1. The predicted octanol–water partition coefficient (Wildman–Crippen LogP) is 1.77. The van der Waals surface area contributed by atoms with Gasteiger partial charge in [0, 0.05) is 5.02 Å². The van der Waals surface area contributed by atoms with E-state index >= 15 is 0 Å². The van der Waals surface area contributed by atoms with Crippen LogP contribution in [0.15, 0.2) is 18.2 Å². The summed E-state index contributed by atoms with van der Waals surface area (Å²) in [5.74, 6) is -2.03. The largest absolute Gasteiger partial charge is 0.467 e. The lowest BCUT2D eigenvalue weighted by atomic mass is 10.2. The Morgan fingerprint density at radius 3 is 2.71 bits per heavy atom. The molecule has 0 fully saturated rings. The van der Waals surface area contributed by atoms with Gasteiger partial charge in [0.2, 0.25) is 0 Å². The summed E-state index contributed by atoms with van der Waals surface area (Å²) in [5, 5.41) is 2.54. The molecule has 1 N–H and O–H groups in total. The van der Waals surface area contributed by atoms with Gasteiger partial charge in [-0.1, -0.05) is 11.6 Å². The van der Waals surface area contributed by atoms with Crippen LogP contribution in [0.1, 0.15) is 17.3 Å². The van der Waals surface area contributed by atoms with Crippen LogP contribution in [0.2, 0.25) is 5.02 Å². The van der Waals surface area contributed by atoms with Crippen molar-refractivity contribution in [2.75, 3.05) is 7.11 Å². The van der Waals surface area contributed by atoms with Gasteiger partial charge in [0.05, 0.1) is 12.7 Å². The molecule has 1 aromatic rings. The van der Waals surface area contributed by atoms with Crippen molar-refractivity contribution in [1.29, 1.82) is 0 Å². The van der Waals surface area contributed by atoms with Crippen LogP contribution in [-0.2, 0) is 9.53 Å². The molecule has 0 spiro atoms. The summed E-state index contributed by atoms with van der Waals surface area (Å²) < 4.78 is 17.7. The number of hydrogen-bond donors (Lipinski definition) is 1. The molecule has 6 heteroatoms. The van der Waals surface area contributed by atoms with Crippen LogP contribution >= 0.6 is 11.6 Å². The zero-order chi connectivity index (χ0) is 13.0. The summed E-state index contributed by atoms with van der Waals surface area (Å²) in [4.78, 5) is 22.7. The van der Waals surface area contributed by atoms with Gasteiger partial charge >= 0.3 is 5.97 Å². The molecule has 17 heavy (non-hydrogen) atoms. The minimum atomic E-state index is -0.856. The van der Waals surface area contributed by atoms with Crippen molar-refractivity contribution in [2.45, 2.75) is 13.0 Å². The minimum absolute atomic E-state index is 0.215. The van der Waals surface area contributed by atoms with E-state index in [1.54, 1.807) is 0 Å². The van der Waals surface area contributed by atoms with Gasteiger partial charge in [-0.15, -0.1) is 0 Å². The number of amides is 1. The molecule has 0 heterocycles. The third-order valence-corrected chi connectivity index (χ3v) is 2.31. The molecule has 0 bridgehead atoms. The van der Waals surface area contributed by atoms with Crippen LogP contribution < -0.4 is 5.32 Å². The zero-order valence-corrected chi connectivity index (χ0v) is 10.0. The van der Waals surface area contributed by atoms with E-state index in [4.69, 9.17) is 11.6 Å². The fraction of sp³-hybridized carbons (Fsp3) is 0.273. The molecule has 0 saturated carbocycles. The number of ether oxygens (including phenoxy) is 1. The first-order valence-electron chi connectivity index (χ1n) is 4.79. The number of benzene rings is 1. The summed E-state index contributed by atoms with van der Waals surface area (Å²) >= 11 is 5.65. The van der Waals surface area contributed by atoms with E-state index in [-0.39, 0.29) is 10.6 Å². The minimum Gasteiger partial charge on any atom is -0.467 e. The highest BCUT2D eigenvalue weighted by Crippen LogP contribution is 2.14. The SMILES string of the molecule is COC(=O)C(C)NC(=O)c1cc(Cl)ccc1F. The summed E-state index contributed by atoms with van der Waals surface area (Å²) in [6.07, 6.45) is 0. The van der Waals surface area contributed by atoms with E-state index < -0.39 is 23.7 Å². The van der Waals surface area contributed by atoms with E-state index in [1.807, 2.05) is 0 Å². The fourth-order valence-electron chi connectivity index (χ4n) is 1.18. The van der Waals surface area contributed by atoms with Crippen LogP contribution in [-0.4, -0.2) is 25.0 Å². The summed E-state index contributed by atoms with van der Waals surface area (Å²) in [5.41, 5.74) is -0.215. The van der Waals surface area contributed by atoms with Crippen LogP contribution in [0.25, 0.3) is 0 Å². The maximum absolute atomic E-state index is 13.3.